The average molecular weight is 322 g/mol. The van der Waals surface area contributed by atoms with Gasteiger partial charge >= 0.3 is 0 Å². The minimum Gasteiger partial charge on any atom is -0.368 e. The van der Waals surface area contributed by atoms with Crippen molar-refractivity contribution in [2.24, 2.45) is 4.99 Å². The van der Waals surface area contributed by atoms with Crippen molar-refractivity contribution < 1.29 is 0 Å². The number of nitrogens with zero attached hydrogens (tertiary/aromatic N) is 3. The smallest absolute Gasteiger partial charge is 0.233 e. The molecule has 1 heterocycles. The van der Waals surface area contributed by atoms with Gasteiger partial charge in [0.2, 0.25) is 17.5 Å². The van der Waals surface area contributed by atoms with Crippen LogP contribution in [-0.2, 0) is 0 Å². The molecule has 0 saturated carbocycles. The molecule has 0 aliphatic heterocycles. The number of rotatable bonds is 8. The molecule has 1 aromatic rings. The molecule has 0 aliphatic rings. The highest BCUT2D eigenvalue weighted by Crippen LogP contribution is 2.04. The molecule has 0 spiro atoms. The molecule has 0 atom stereocenters. The van der Waals surface area contributed by atoms with Gasteiger partial charge in [-0.2, -0.15) is 9.97 Å². The fourth-order valence-electron chi connectivity index (χ4n) is 1.64. The van der Waals surface area contributed by atoms with Gasteiger partial charge in [0.25, 0.3) is 0 Å². The molecule has 1 aromatic heterocycles. The summed E-state index contributed by atoms with van der Waals surface area (Å²) >= 11 is 0. The van der Waals surface area contributed by atoms with Crippen molar-refractivity contribution in [3.8, 4) is 0 Å². The largest absolute Gasteiger partial charge is 0.368 e. The number of nitrogens with one attached hydrogen (secondary N) is 2. The predicted molar refractivity (Wildman–Crippen MR) is 101 cm³/mol. The number of hydrogen-bond acceptors (Lipinski definition) is 5. The molecule has 0 saturated heterocycles. The Hall–Kier alpha value is -3.41. The van der Waals surface area contributed by atoms with E-state index in [0.717, 1.165) is 5.70 Å². The molecule has 124 valence electrons. The van der Waals surface area contributed by atoms with Crippen molar-refractivity contribution in [3.63, 3.8) is 0 Å². The molecular weight excluding hydrogens is 300 g/mol. The van der Waals surface area contributed by atoms with Gasteiger partial charge in [-0.05, 0) is 31.2 Å². The zero-order valence-electron chi connectivity index (χ0n) is 13.7. The van der Waals surface area contributed by atoms with Crippen molar-refractivity contribution in [3.05, 3.63) is 91.4 Å². The van der Waals surface area contributed by atoms with Gasteiger partial charge < -0.3 is 11.1 Å². The number of anilines is 2. The maximum Gasteiger partial charge on any atom is 0.233 e. The molecule has 0 radical (unpaired) electrons. The SMILES string of the molecule is C=C\C=C/C(=C\C=C)/N=c1/nc(N)nc(NC(/C=C\C)=C/C=C)[nH]1. The number of allylic oxidation sites excluding steroid dienone is 9. The van der Waals surface area contributed by atoms with Gasteiger partial charge in [-0.15, -0.1) is 0 Å². The van der Waals surface area contributed by atoms with Crippen molar-refractivity contribution in [1.29, 1.82) is 0 Å². The van der Waals surface area contributed by atoms with Gasteiger partial charge in [0.15, 0.2) is 0 Å². The summed E-state index contributed by atoms with van der Waals surface area (Å²) in [6, 6.07) is 0. The van der Waals surface area contributed by atoms with Crippen LogP contribution >= 0.6 is 0 Å². The van der Waals surface area contributed by atoms with E-state index in [9.17, 15) is 0 Å². The minimum absolute atomic E-state index is 0.0964. The van der Waals surface area contributed by atoms with Crippen LogP contribution in [0, 0.1) is 0 Å². The molecule has 4 N–H and O–H groups in total. The quantitative estimate of drug-likeness (QED) is 0.641. The van der Waals surface area contributed by atoms with Crippen LogP contribution in [0.1, 0.15) is 6.92 Å². The zero-order valence-corrected chi connectivity index (χ0v) is 13.7. The Morgan fingerprint density at radius 3 is 2.50 bits per heavy atom. The first-order chi connectivity index (χ1) is 11.6. The van der Waals surface area contributed by atoms with E-state index in [1.165, 1.54) is 0 Å². The molecule has 24 heavy (non-hydrogen) atoms. The Balaban J connectivity index is 3.28. The molecule has 0 aliphatic carbocycles. The maximum absolute atomic E-state index is 5.76. The van der Waals surface area contributed by atoms with Crippen LogP contribution in [0.2, 0.25) is 0 Å². The van der Waals surface area contributed by atoms with E-state index in [1.807, 2.05) is 19.1 Å². The summed E-state index contributed by atoms with van der Waals surface area (Å²) < 4.78 is 0. The summed E-state index contributed by atoms with van der Waals surface area (Å²) in [6.45, 7) is 12.9. The second kappa shape index (κ2) is 10.3. The van der Waals surface area contributed by atoms with Gasteiger partial charge in [0, 0.05) is 5.70 Å². The molecule has 0 bridgehead atoms. The number of hydrogen-bond donors (Lipinski definition) is 3. The van der Waals surface area contributed by atoms with Gasteiger partial charge in [0.1, 0.15) is 0 Å². The average Bonchev–Trinajstić information content (AvgIpc) is 2.53. The van der Waals surface area contributed by atoms with Crippen molar-refractivity contribution in [1.82, 2.24) is 15.0 Å². The highest BCUT2D eigenvalue weighted by molar-refractivity contribution is 5.42. The summed E-state index contributed by atoms with van der Waals surface area (Å²) in [5.41, 5.74) is 7.50. The highest BCUT2D eigenvalue weighted by atomic mass is 15.2. The van der Waals surface area contributed by atoms with E-state index in [4.69, 9.17) is 5.73 Å². The van der Waals surface area contributed by atoms with Crippen LogP contribution < -0.4 is 16.7 Å². The van der Waals surface area contributed by atoms with Crippen LogP contribution in [0.3, 0.4) is 0 Å². The fraction of sp³-hybridized carbons (Fsp3) is 0.0556. The van der Waals surface area contributed by atoms with E-state index < -0.39 is 0 Å². The molecule has 0 aromatic carbocycles. The summed E-state index contributed by atoms with van der Waals surface area (Å²) in [6.07, 6.45) is 15.8. The monoisotopic (exact) mass is 322 g/mol. The molecule has 6 nitrogen and oxygen atoms in total. The third kappa shape index (κ3) is 6.57. The lowest BCUT2D eigenvalue weighted by atomic mass is 10.3. The lowest BCUT2D eigenvalue weighted by Gasteiger charge is -2.06. The molecular formula is C18H22N6. The van der Waals surface area contributed by atoms with Crippen LogP contribution in [0.5, 0.6) is 0 Å². The summed E-state index contributed by atoms with van der Waals surface area (Å²) in [5.74, 6) is 0.511. The Morgan fingerprint density at radius 1 is 1.12 bits per heavy atom. The van der Waals surface area contributed by atoms with Gasteiger partial charge in [0.05, 0.1) is 5.70 Å². The molecule has 0 fully saturated rings. The summed E-state index contributed by atoms with van der Waals surface area (Å²) in [7, 11) is 0. The highest BCUT2D eigenvalue weighted by Gasteiger charge is 2.00. The third-order valence-corrected chi connectivity index (χ3v) is 2.51. The first kappa shape index (κ1) is 18.6. The predicted octanol–water partition coefficient (Wildman–Crippen LogP) is 3.16. The van der Waals surface area contributed by atoms with Gasteiger partial charge in [-0.25, -0.2) is 4.99 Å². The summed E-state index contributed by atoms with van der Waals surface area (Å²) in [5, 5.41) is 3.09. The molecule has 6 heteroatoms. The maximum atomic E-state index is 5.76. The number of nitrogens with two attached hydrogens (primary N) is 1. The van der Waals surface area contributed by atoms with Crippen LogP contribution in [0.25, 0.3) is 0 Å². The van der Waals surface area contributed by atoms with E-state index >= 15 is 0 Å². The van der Waals surface area contributed by atoms with Crippen LogP contribution in [0.15, 0.2) is 90.8 Å². The number of aromatic amines is 1. The summed E-state index contributed by atoms with van der Waals surface area (Å²) in [4.78, 5) is 15.5. The van der Waals surface area contributed by atoms with Crippen LogP contribution in [0.4, 0.5) is 11.9 Å². The van der Waals surface area contributed by atoms with E-state index in [2.05, 4.69) is 45.0 Å². The minimum atomic E-state index is 0.0964. The third-order valence-electron chi connectivity index (χ3n) is 2.51. The first-order valence-electron chi connectivity index (χ1n) is 7.25. The Kier molecular flexibility index (Phi) is 8.03. The number of nitrogen functional groups attached to an aromatic ring is 1. The molecule has 0 amide bonds. The standard InChI is InChI=1S/C18H22N6/c1-5-9-13-15(12-8-4)21-18-23-16(19)22-17(24-18)20-14(10-6-2)11-7-3/h5-13H,1-2,4H2,3H3,(H4,19,20,21,22,23,24)/b11-7-,13-9-,14-10+,15-12+. The normalized spacial score (nSPS) is 13.5. The Bertz CT molecular complexity index is 775. The lowest BCUT2D eigenvalue weighted by Crippen LogP contribution is -2.19. The Morgan fingerprint density at radius 2 is 1.88 bits per heavy atom. The van der Waals surface area contributed by atoms with Crippen molar-refractivity contribution in [2.75, 3.05) is 11.1 Å². The molecule has 0 unspecified atom stereocenters. The fourth-order valence-corrected chi connectivity index (χ4v) is 1.64. The van der Waals surface area contributed by atoms with Crippen molar-refractivity contribution >= 4 is 11.9 Å². The number of aromatic nitrogens is 3. The van der Waals surface area contributed by atoms with E-state index in [-0.39, 0.29) is 5.95 Å². The van der Waals surface area contributed by atoms with Crippen molar-refractivity contribution in [2.45, 2.75) is 6.92 Å². The molecule has 1 rings (SSSR count). The topological polar surface area (TPSA) is 92.0 Å². The second-order valence-corrected chi connectivity index (χ2v) is 4.40. The zero-order chi connectivity index (χ0) is 17.8. The number of H-pyrrole nitrogens is 1. The van der Waals surface area contributed by atoms with Gasteiger partial charge in [-0.3, -0.25) is 4.98 Å². The van der Waals surface area contributed by atoms with E-state index in [0.29, 0.717) is 17.3 Å². The van der Waals surface area contributed by atoms with E-state index in [1.54, 1.807) is 42.5 Å². The Labute approximate surface area is 142 Å². The first-order valence-corrected chi connectivity index (χ1v) is 7.25. The van der Waals surface area contributed by atoms with Crippen LogP contribution in [-0.4, -0.2) is 15.0 Å². The lowest BCUT2D eigenvalue weighted by molar-refractivity contribution is 0.948. The van der Waals surface area contributed by atoms with Gasteiger partial charge in [-0.1, -0.05) is 50.1 Å². The second-order valence-electron chi connectivity index (χ2n) is 4.40.